The molecule has 0 saturated carbocycles. The summed E-state index contributed by atoms with van der Waals surface area (Å²) in [6.07, 6.45) is 4.44. The fourth-order valence-electron chi connectivity index (χ4n) is 2.83. The smallest absolute Gasteiger partial charge is 0.0745 e. The lowest BCUT2D eigenvalue weighted by Crippen LogP contribution is -2.47. The Morgan fingerprint density at radius 3 is 2.95 bits per heavy atom. The molecule has 4 nitrogen and oxygen atoms in total. The van der Waals surface area contributed by atoms with Crippen LogP contribution in [0.3, 0.4) is 0 Å². The van der Waals surface area contributed by atoms with E-state index in [9.17, 15) is 0 Å². The van der Waals surface area contributed by atoms with Gasteiger partial charge in [-0.3, -0.25) is 16.3 Å². The number of aromatic nitrogens is 1. The van der Waals surface area contributed by atoms with E-state index >= 15 is 0 Å². The number of para-hydroxylation sites is 1. The number of nitrogens with one attached hydrogen (secondary N) is 1. The summed E-state index contributed by atoms with van der Waals surface area (Å²) in [5.74, 6) is 5.71. The van der Waals surface area contributed by atoms with Gasteiger partial charge in [-0.05, 0) is 31.4 Å². The number of hydrazine groups is 1. The third kappa shape index (κ3) is 2.98. The van der Waals surface area contributed by atoms with E-state index in [2.05, 4.69) is 23.6 Å². The monoisotopic (exact) mass is 271 g/mol. The van der Waals surface area contributed by atoms with Gasteiger partial charge in [0.05, 0.1) is 17.7 Å². The van der Waals surface area contributed by atoms with Gasteiger partial charge in [0, 0.05) is 24.1 Å². The Morgan fingerprint density at radius 2 is 2.15 bits per heavy atom. The second kappa shape index (κ2) is 6.31. The first kappa shape index (κ1) is 13.5. The third-order valence-corrected chi connectivity index (χ3v) is 3.96. The SMILES string of the molecule is NNC(Cc1ccc2ccccc2n1)C1CCCCO1. The third-order valence-electron chi connectivity index (χ3n) is 3.96. The van der Waals surface area contributed by atoms with Crippen molar-refractivity contribution in [1.29, 1.82) is 0 Å². The topological polar surface area (TPSA) is 60.2 Å². The van der Waals surface area contributed by atoms with Crippen LogP contribution in [0.25, 0.3) is 10.9 Å². The zero-order chi connectivity index (χ0) is 13.8. The van der Waals surface area contributed by atoms with E-state index in [0.29, 0.717) is 0 Å². The number of nitrogens with zero attached hydrogens (tertiary/aromatic N) is 1. The molecule has 4 heteroatoms. The van der Waals surface area contributed by atoms with E-state index in [-0.39, 0.29) is 12.1 Å². The summed E-state index contributed by atoms with van der Waals surface area (Å²) in [6.45, 7) is 0.841. The molecule has 0 spiro atoms. The summed E-state index contributed by atoms with van der Waals surface area (Å²) in [5, 5.41) is 1.17. The first-order chi connectivity index (χ1) is 9.86. The summed E-state index contributed by atoms with van der Waals surface area (Å²) in [6, 6.07) is 12.5. The van der Waals surface area contributed by atoms with Gasteiger partial charge in [-0.25, -0.2) is 0 Å². The molecule has 1 aliphatic heterocycles. The number of benzene rings is 1. The number of rotatable bonds is 4. The van der Waals surface area contributed by atoms with Gasteiger partial charge in [0.15, 0.2) is 0 Å². The Labute approximate surface area is 119 Å². The molecule has 1 fully saturated rings. The molecule has 3 rings (SSSR count). The van der Waals surface area contributed by atoms with Crippen LogP contribution in [0.1, 0.15) is 25.0 Å². The highest BCUT2D eigenvalue weighted by atomic mass is 16.5. The van der Waals surface area contributed by atoms with E-state index in [4.69, 9.17) is 15.6 Å². The molecule has 1 aromatic carbocycles. The van der Waals surface area contributed by atoms with Gasteiger partial charge in [0.1, 0.15) is 0 Å². The maximum Gasteiger partial charge on any atom is 0.0745 e. The maximum atomic E-state index is 5.82. The summed E-state index contributed by atoms with van der Waals surface area (Å²) in [4.78, 5) is 4.71. The Bertz CT molecular complexity index is 566. The van der Waals surface area contributed by atoms with Crippen molar-refractivity contribution in [2.75, 3.05) is 6.61 Å². The number of pyridine rings is 1. The highest BCUT2D eigenvalue weighted by Gasteiger charge is 2.24. The highest BCUT2D eigenvalue weighted by molar-refractivity contribution is 5.78. The molecule has 0 aliphatic carbocycles. The van der Waals surface area contributed by atoms with Crippen molar-refractivity contribution in [2.45, 2.75) is 37.8 Å². The molecular weight excluding hydrogens is 250 g/mol. The minimum Gasteiger partial charge on any atom is -0.377 e. The van der Waals surface area contributed by atoms with Crippen LogP contribution in [0.15, 0.2) is 36.4 Å². The minimum absolute atomic E-state index is 0.129. The predicted molar refractivity (Wildman–Crippen MR) is 80.1 cm³/mol. The molecule has 2 aromatic rings. The van der Waals surface area contributed by atoms with E-state index < -0.39 is 0 Å². The standard InChI is InChI=1S/C16H21N3O/c17-19-15(16-7-3-4-10-20-16)11-13-9-8-12-5-1-2-6-14(12)18-13/h1-2,5-6,8-9,15-16,19H,3-4,7,10-11,17H2. The van der Waals surface area contributed by atoms with Crippen molar-refractivity contribution in [1.82, 2.24) is 10.4 Å². The number of fused-ring (bicyclic) bond motifs is 1. The van der Waals surface area contributed by atoms with Crippen molar-refractivity contribution in [2.24, 2.45) is 5.84 Å². The van der Waals surface area contributed by atoms with Crippen LogP contribution in [0, 0.1) is 0 Å². The second-order valence-corrected chi connectivity index (χ2v) is 5.38. The van der Waals surface area contributed by atoms with Gasteiger partial charge in [-0.15, -0.1) is 0 Å². The fourth-order valence-corrected chi connectivity index (χ4v) is 2.83. The largest absolute Gasteiger partial charge is 0.377 e. The first-order valence-corrected chi connectivity index (χ1v) is 7.29. The number of hydrogen-bond acceptors (Lipinski definition) is 4. The summed E-state index contributed by atoms with van der Waals surface area (Å²) < 4.78 is 5.82. The normalized spacial score (nSPS) is 20.9. The molecule has 3 N–H and O–H groups in total. The zero-order valence-corrected chi connectivity index (χ0v) is 11.6. The first-order valence-electron chi connectivity index (χ1n) is 7.29. The van der Waals surface area contributed by atoms with E-state index in [1.165, 1.54) is 11.8 Å². The maximum absolute atomic E-state index is 5.82. The van der Waals surface area contributed by atoms with Crippen molar-refractivity contribution < 1.29 is 4.74 Å². The molecule has 0 radical (unpaired) electrons. The molecule has 0 amide bonds. The van der Waals surface area contributed by atoms with Crippen LogP contribution in [-0.4, -0.2) is 23.7 Å². The lowest BCUT2D eigenvalue weighted by molar-refractivity contribution is -0.00761. The summed E-state index contributed by atoms with van der Waals surface area (Å²) in [7, 11) is 0. The van der Waals surface area contributed by atoms with Crippen LogP contribution >= 0.6 is 0 Å². The predicted octanol–water partition coefficient (Wildman–Crippen LogP) is 2.18. The van der Waals surface area contributed by atoms with Gasteiger partial charge in [0.2, 0.25) is 0 Å². The number of nitrogens with two attached hydrogens (primary N) is 1. The molecule has 2 unspecified atom stereocenters. The Balaban J connectivity index is 1.76. The van der Waals surface area contributed by atoms with Gasteiger partial charge < -0.3 is 4.74 Å². The molecule has 106 valence electrons. The van der Waals surface area contributed by atoms with Gasteiger partial charge in [-0.1, -0.05) is 24.3 Å². The minimum atomic E-state index is 0.129. The van der Waals surface area contributed by atoms with Crippen LogP contribution in [0.4, 0.5) is 0 Å². The summed E-state index contributed by atoms with van der Waals surface area (Å²) >= 11 is 0. The molecule has 1 aromatic heterocycles. The average Bonchev–Trinajstić information content (AvgIpc) is 2.53. The van der Waals surface area contributed by atoms with Crippen molar-refractivity contribution in [3.8, 4) is 0 Å². The molecule has 20 heavy (non-hydrogen) atoms. The lowest BCUT2D eigenvalue weighted by Gasteiger charge is -2.29. The Morgan fingerprint density at radius 1 is 1.25 bits per heavy atom. The molecule has 1 saturated heterocycles. The van der Waals surface area contributed by atoms with E-state index in [1.807, 2.05) is 18.2 Å². The Hall–Kier alpha value is -1.49. The van der Waals surface area contributed by atoms with Crippen LogP contribution in [0.5, 0.6) is 0 Å². The molecule has 1 aliphatic rings. The number of hydrogen-bond donors (Lipinski definition) is 2. The van der Waals surface area contributed by atoms with Crippen molar-refractivity contribution >= 4 is 10.9 Å². The average molecular weight is 271 g/mol. The van der Waals surface area contributed by atoms with E-state index in [1.54, 1.807) is 0 Å². The molecule has 0 bridgehead atoms. The van der Waals surface area contributed by atoms with Gasteiger partial charge in [0.25, 0.3) is 0 Å². The fraction of sp³-hybridized carbons (Fsp3) is 0.438. The van der Waals surface area contributed by atoms with Gasteiger partial charge in [-0.2, -0.15) is 0 Å². The zero-order valence-electron chi connectivity index (χ0n) is 11.6. The molecule has 2 heterocycles. The number of ether oxygens (including phenoxy) is 1. The highest BCUT2D eigenvalue weighted by Crippen LogP contribution is 2.19. The van der Waals surface area contributed by atoms with Gasteiger partial charge >= 0.3 is 0 Å². The van der Waals surface area contributed by atoms with Crippen LogP contribution in [-0.2, 0) is 11.2 Å². The van der Waals surface area contributed by atoms with Crippen LogP contribution < -0.4 is 11.3 Å². The van der Waals surface area contributed by atoms with E-state index in [0.717, 1.165) is 37.1 Å². The molecular formula is C16H21N3O. The quantitative estimate of drug-likeness (QED) is 0.661. The van der Waals surface area contributed by atoms with Crippen molar-refractivity contribution in [3.63, 3.8) is 0 Å². The van der Waals surface area contributed by atoms with Crippen LogP contribution in [0.2, 0.25) is 0 Å². The lowest BCUT2D eigenvalue weighted by atomic mass is 9.98. The second-order valence-electron chi connectivity index (χ2n) is 5.38. The summed E-state index contributed by atoms with van der Waals surface area (Å²) in [5.41, 5.74) is 4.99. The molecule has 2 atom stereocenters. The van der Waals surface area contributed by atoms with Crippen molar-refractivity contribution in [3.05, 3.63) is 42.1 Å². The Kier molecular flexibility index (Phi) is 4.25.